The van der Waals surface area contributed by atoms with E-state index in [1.807, 2.05) is 31.2 Å². The van der Waals surface area contributed by atoms with Gasteiger partial charge in [0.15, 0.2) is 0 Å². The Morgan fingerprint density at radius 3 is 2.11 bits per heavy atom. The zero-order valence-corrected chi connectivity index (χ0v) is 16.7. The van der Waals surface area contributed by atoms with Crippen molar-refractivity contribution in [3.63, 3.8) is 0 Å². The normalized spacial score (nSPS) is 10.1. The molecule has 0 fully saturated rings. The van der Waals surface area contributed by atoms with E-state index >= 15 is 0 Å². The number of hydrogen-bond acceptors (Lipinski definition) is 5. The second-order valence-corrected chi connectivity index (χ2v) is 5.89. The minimum atomic E-state index is -0.329. The molecule has 0 spiro atoms. The number of rotatable bonds is 9. The molecule has 0 unspecified atom stereocenters. The van der Waals surface area contributed by atoms with Gasteiger partial charge in [-0.25, -0.2) is 0 Å². The molecule has 28 heavy (non-hydrogen) atoms. The molecule has 7 nitrogen and oxygen atoms in total. The number of amides is 2. The molecule has 0 atom stereocenters. The fourth-order valence-electron chi connectivity index (χ4n) is 2.80. The van der Waals surface area contributed by atoms with Crippen LogP contribution in [0.25, 0.3) is 0 Å². The Morgan fingerprint density at radius 1 is 1.00 bits per heavy atom. The van der Waals surface area contributed by atoms with Crippen LogP contribution >= 0.6 is 0 Å². The summed E-state index contributed by atoms with van der Waals surface area (Å²) >= 11 is 0. The van der Waals surface area contributed by atoms with Gasteiger partial charge in [0.2, 0.25) is 5.91 Å². The molecule has 2 aromatic carbocycles. The van der Waals surface area contributed by atoms with Crippen molar-refractivity contribution >= 4 is 17.5 Å². The lowest BCUT2D eigenvalue weighted by Gasteiger charge is -2.22. The van der Waals surface area contributed by atoms with E-state index in [0.717, 1.165) is 11.4 Å². The second kappa shape index (κ2) is 10.2. The van der Waals surface area contributed by atoms with Crippen LogP contribution in [0.3, 0.4) is 0 Å². The van der Waals surface area contributed by atoms with Gasteiger partial charge in [-0.2, -0.15) is 0 Å². The molecule has 2 amide bonds. The zero-order chi connectivity index (χ0) is 20.5. The Labute approximate surface area is 165 Å². The number of methoxy groups -OCH3 is 2. The van der Waals surface area contributed by atoms with E-state index in [0.29, 0.717) is 30.2 Å². The molecule has 2 aromatic rings. The number of carbonyl (C=O) groups excluding carboxylic acids is 2. The molecule has 0 bridgehead atoms. The molecule has 150 valence electrons. The summed E-state index contributed by atoms with van der Waals surface area (Å²) in [6.07, 6.45) is 0. The highest BCUT2D eigenvalue weighted by Gasteiger charge is 2.18. The van der Waals surface area contributed by atoms with Crippen molar-refractivity contribution in [1.29, 1.82) is 0 Å². The van der Waals surface area contributed by atoms with E-state index in [1.54, 1.807) is 23.1 Å². The van der Waals surface area contributed by atoms with Crippen molar-refractivity contribution in [2.45, 2.75) is 13.8 Å². The molecule has 0 aliphatic carbocycles. The Bertz CT molecular complexity index is 783. The van der Waals surface area contributed by atoms with Crippen LogP contribution in [0.15, 0.2) is 42.5 Å². The van der Waals surface area contributed by atoms with Crippen molar-refractivity contribution < 1.29 is 23.8 Å². The van der Waals surface area contributed by atoms with Crippen LogP contribution in [-0.4, -0.2) is 45.7 Å². The van der Waals surface area contributed by atoms with Crippen LogP contribution in [0.4, 0.5) is 5.69 Å². The SMILES string of the molecule is CCOc1ccc(N(CCNC(=O)c2c(OC)cccc2OC)C(C)=O)cc1. The minimum absolute atomic E-state index is 0.117. The molecule has 0 heterocycles. The van der Waals surface area contributed by atoms with Crippen LogP contribution in [0, 0.1) is 0 Å². The molecule has 0 radical (unpaired) electrons. The molecule has 0 saturated carbocycles. The van der Waals surface area contributed by atoms with Crippen molar-refractivity contribution in [1.82, 2.24) is 5.32 Å². The van der Waals surface area contributed by atoms with Crippen molar-refractivity contribution in [2.75, 3.05) is 38.8 Å². The zero-order valence-electron chi connectivity index (χ0n) is 16.7. The molecule has 0 aromatic heterocycles. The third-order valence-corrected chi connectivity index (χ3v) is 4.12. The lowest BCUT2D eigenvalue weighted by molar-refractivity contribution is -0.116. The van der Waals surface area contributed by atoms with Crippen LogP contribution in [-0.2, 0) is 4.79 Å². The van der Waals surface area contributed by atoms with E-state index in [9.17, 15) is 9.59 Å². The summed E-state index contributed by atoms with van der Waals surface area (Å²) in [5.41, 5.74) is 1.06. The Hall–Kier alpha value is -3.22. The molecule has 1 N–H and O–H groups in total. The average Bonchev–Trinajstić information content (AvgIpc) is 2.71. The maximum absolute atomic E-state index is 12.6. The largest absolute Gasteiger partial charge is 0.496 e. The first-order valence-corrected chi connectivity index (χ1v) is 9.02. The topological polar surface area (TPSA) is 77.1 Å². The highest BCUT2D eigenvalue weighted by molar-refractivity contribution is 6.00. The van der Waals surface area contributed by atoms with Crippen LogP contribution < -0.4 is 24.4 Å². The number of nitrogens with zero attached hydrogens (tertiary/aromatic N) is 1. The molecular formula is C21H26N2O5. The van der Waals surface area contributed by atoms with Crippen molar-refractivity contribution in [3.05, 3.63) is 48.0 Å². The van der Waals surface area contributed by atoms with E-state index in [1.165, 1.54) is 21.1 Å². The second-order valence-electron chi connectivity index (χ2n) is 5.89. The Morgan fingerprint density at radius 2 is 1.61 bits per heavy atom. The van der Waals surface area contributed by atoms with Crippen molar-refractivity contribution in [3.8, 4) is 17.2 Å². The molecular weight excluding hydrogens is 360 g/mol. The maximum atomic E-state index is 12.6. The van der Waals surface area contributed by atoms with E-state index in [-0.39, 0.29) is 18.4 Å². The summed E-state index contributed by atoms with van der Waals surface area (Å²) in [6, 6.07) is 12.4. The predicted octanol–water partition coefficient (Wildman–Crippen LogP) is 2.89. The van der Waals surface area contributed by atoms with Gasteiger partial charge in [-0.15, -0.1) is 0 Å². The number of nitrogens with one attached hydrogen (secondary N) is 1. The third-order valence-electron chi connectivity index (χ3n) is 4.12. The van der Waals surface area contributed by atoms with Crippen LogP contribution in [0.2, 0.25) is 0 Å². The fourth-order valence-corrected chi connectivity index (χ4v) is 2.80. The monoisotopic (exact) mass is 386 g/mol. The fraction of sp³-hybridized carbons (Fsp3) is 0.333. The predicted molar refractivity (Wildman–Crippen MR) is 108 cm³/mol. The van der Waals surface area contributed by atoms with Gasteiger partial charge < -0.3 is 24.4 Å². The highest BCUT2D eigenvalue weighted by atomic mass is 16.5. The van der Waals surface area contributed by atoms with Gasteiger partial charge in [-0.3, -0.25) is 9.59 Å². The third kappa shape index (κ3) is 5.16. The van der Waals surface area contributed by atoms with E-state index in [2.05, 4.69) is 5.32 Å². The quantitative estimate of drug-likeness (QED) is 0.717. The summed E-state index contributed by atoms with van der Waals surface area (Å²) in [5.74, 6) is 1.14. The first-order chi connectivity index (χ1) is 13.5. The maximum Gasteiger partial charge on any atom is 0.258 e. The number of hydrogen-bond donors (Lipinski definition) is 1. The highest BCUT2D eigenvalue weighted by Crippen LogP contribution is 2.28. The molecule has 0 aliphatic heterocycles. The van der Waals surface area contributed by atoms with Crippen LogP contribution in [0.5, 0.6) is 17.2 Å². The van der Waals surface area contributed by atoms with Gasteiger partial charge in [0.25, 0.3) is 5.91 Å². The lowest BCUT2D eigenvalue weighted by atomic mass is 10.1. The Kier molecular flexibility index (Phi) is 7.68. The summed E-state index contributed by atoms with van der Waals surface area (Å²) in [5, 5.41) is 2.82. The minimum Gasteiger partial charge on any atom is -0.496 e. The first kappa shape index (κ1) is 21.1. The van der Waals surface area contributed by atoms with Crippen LogP contribution in [0.1, 0.15) is 24.2 Å². The number of carbonyl (C=O) groups is 2. The molecule has 7 heteroatoms. The average molecular weight is 386 g/mol. The summed E-state index contributed by atoms with van der Waals surface area (Å²) in [6.45, 7) is 4.57. The van der Waals surface area contributed by atoms with Gasteiger partial charge in [-0.05, 0) is 43.3 Å². The smallest absolute Gasteiger partial charge is 0.258 e. The number of anilines is 1. The summed E-state index contributed by atoms with van der Waals surface area (Å²) in [7, 11) is 2.99. The summed E-state index contributed by atoms with van der Waals surface area (Å²) < 4.78 is 15.9. The summed E-state index contributed by atoms with van der Waals surface area (Å²) in [4.78, 5) is 26.3. The number of benzene rings is 2. The van der Waals surface area contributed by atoms with Gasteiger partial charge >= 0.3 is 0 Å². The van der Waals surface area contributed by atoms with E-state index in [4.69, 9.17) is 14.2 Å². The molecule has 0 saturated heterocycles. The Balaban J connectivity index is 2.05. The van der Waals surface area contributed by atoms with Gasteiger partial charge in [0.1, 0.15) is 22.8 Å². The van der Waals surface area contributed by atoms with Crippen molar-refractivity contribution in [2.24, 2.45) is 0 Å². The lowest BCUT2D eigenvalue weighted by Crippen LogP contribution is -2.37. The van der Waals surface area contributed by atoms with Gasteiger partial charge in [0, 0.05) is 25.7 Å². The standard InChI is InChI=1S/C21H26N2O5/c1-5-28-17-11-9-16(10-12-17)23(15(2)24)14-13-22-21(25)20-18(26-3)7-6-8-19(20)27-4/h6-12H,5,13-14H2,1-4H3,(H,22,25). The van der Waals surface area contributed by atoms with Gasteiger partial charge in [0.05, 0.1) is 20.8 Å². The number of ether oxygens (including phenoxy) is 3. The van der Waals surface area contributed by atoms with Gasteiger partial charge in [-0.1, -0.05) is 6.07 Å². The van der Waals surface area contributed by atoms with E-state index < -0.39 is 0 Å². The molecule has 2 rings (SSSR count). The molecule has 0 aliphatic rings. The first-order valence-electron chi connectivity index (χ1n) is 9.02.